The third kappa shape index (κ3) is 3.88. The van der Waals surface area contributed by atoms with Crippen LogP contribution in [0.4, 0.5) is 4.39 Å². The molecule has 1 unspecified atom stereocenters. The molecule has 7 nitrogen and oxygen atoms in total. The molecule has 1 fully saturated rings. The Morgan fingerprint density at radius 3 is 2.48 bits per heavy atom. The summed E-state index contributed by atoms with van der Waals surface area (Å²) < 4.78 is 13.4. The summed E-state index contributed by atoms with van der Waals surface area (Å²) >= 11 is 0. The van der Waals surface area contributed by atoms with Crippen molar-refractivity contribution in [2.24, 2.45) is 5.73 Å². The van der Waals surface area contributed by atoms with E-state index in [2.05, 4.69) is 15.6 Å². The SMILES string of the molecule is CCC(F)C(=O)NC1(CNC(=O)c2ccc(C(N)=O)[nH]2)CCC1. The maximum atomic E-state index is 13.4. The van der Waals surface area contributed by atoms with Gasteiger partial charge < -0.3 is 21.4 Å². The summed E-state index contributed by atoms with van der Waals surface area (Å²) in [5.41, 5.74) is 4.87. The van der Waals surface area contributed by atoms with Crippen molar-refractivity contribution in [1.82, 2.24) is 15.6 Å². The Labute approximate surface area is 133 Å². The lowest BCUT2D eigenvalue weighted by Crippen LogP contribution is -2.61. The van der Waals surface area contributed by atoms with E-state index in [9.17, 15) is 18.8 Å². The van der Waals surface area contributed by atoms with Crippen molar-refractivity contribution in [2.75, 3.05) is 6.54 Å². The Morgan fingerprint density at radius 1 is 1.35 bits per heavy atom. The highest BCUT2D eigenvalue weighted by Crippen LogP contribution is 2.31. The Balaban J connectivity index is 1.93. The van der Waals surface area contributed by atoms with Gasteiger partial charge in [-0.3, -0.25) is 14.4 Å². The smallest absolute Gasteiger partial charge is 0.267 e. The summed E-state index contributed by atoms with van der Waals surface area (Å²) in [6.07, 6.45) is 0.865. The summed E-state index contributed by atoms with van der Waals surface area (Å²) in [5.74, 6) is -1.71. The first-order valence-electron chi connectivity index (χ1n) is 7.60. The number of H-pyrrole nitrogens is 1. The van der Waals surface area contributed by atoms with Gasteiger partial charge in [-0.1, -0.05) is 6.92 Å². The first-order valence-corrected chi connectivity index (χ1v) is 7.60. The summed E-state index contributed by atoms with van der Waals surface area (Å²) in [6.45, 7) is 1.81. The molecule has 1 heterocycles. The molecule has 0 aliphatic heterocycles. The standard InChI is InChI=1S/C15H21FN4O3/c1-2-9(16)13(22)20-15(6-3-7-15)8-18-14(23)11-5-4-10(19-11)12(17)21/h4-5,9,19H,2-3,6-8H2,1H3,(H2,17,21)(H,18,23)(H,20,22). The second-order valence-electron chi connectivity index (χ2n) is 5.83. The van der Waals surface area contributed by atoms with Crippen LogP contribution in [-0.4, -0.2) is 41.0 Å². The number of amides is 3. The Kier molecular flexibility index (Phi) is 5.02. The fourth-order valence-electron chi connectivity index (χ4n) is 2.49. The molecule has 1 aromatic rings. The van der Waals surface area contributed by atoms with Crippen molar-refractivity contribution in [3.8, 4) is 0 Å². The number of hydrogen-bond donors (Lipinski definition) is 4. The Morgan fingerprint density at radius 2 is 2.00 bits per heavy atom. The molecule has 5 N–H and O–H groups in total. The van der Waals surface area contributed by atoms with E-state index in [1.165, 1.54) is 12.1 Å². The molecule has 23 heavy (non-hydrogen) atoms. The van der Waals surface area contributed by atoms with E-state index in [1.54, 1.807) is 6.92 Å². The van der Waals surface area contributed by atoms with Gasteiger partial charge in [0.05, 0.1) is 5.54 Å². The van der Waals surface area contributed by atoms with Crippen LogP contribution in [0.25, 0.3) is 0 Å². The van der Waals surface area contributed by atoms with Gasteiger partial charge in [0.2, 0.25) is 0 Å². The number of nitrogens with two attached hydrogens (primary N) is 1. The number of rotatable bonds is 7. The molecule has 126 valence electrons. The van der Waals surface area contributed by atoms with Gasteiger partial charge in [-0.05, 0) is 37.8 Å². The summed E-state index contributed by atoms with van der Waals surface area (Å²) in [4.78, 5) is 37.4. The van der Waals surface area contributed by atoms with E-state index < -0.39 is 29.4 Å². The number of alkyl halides is 1. The zero-order chi connectivity index (χ0) is 17.0. The minimum absolute atomic E-state index is 0.118. The lowest BCUT2D eigenvalue weighted by molar-refractivity contribution is -0.129. The van der Waals surface area contributed by atoms with Gasteiger partial charge in [-0.25, -0.2) is 4.39 Å². The Bertz CT molecular complexity index is 610. The molecule has 1 saturated carbocycles. The molecule has 1 atom stereocenters. The van der Waals surface area contributed by atoms with Crippen molar-refractivity contribution in [3.63, 3.8) is 0 Å². The predicted molar refractivity (Wildman–Crippen MR) is 81.6 cm³/mol. The van der Waals surface area contributed by atoms with Crippen molar-refractivity contribution < 1.29 is 18.8 Å². The molecule has 0 radical (unpaired) electrons. The zero-order valence-electron chi connectivity index (χ0n) is 12.9. The van der Waals surface area contributed by atoms with Gasteiger partial charge in [0, 0.05) is 6.54 Å². The van der Waals surface area contributed by atoms with Crippen LogP contribution in [0.15, 0.2) is 12.1 Å². The zero-order valence-corrected chi connectivity index (χ0v) is 12.9. The van der Waals surface area contributed by atoms with Gasteiger partial charge in [-0.2, -0.15) is 0 Å². The molecular formula is C15H21FN4O3. The molecular weight excluding hydrogens is 303 g/mol. The van der Waals surface area contributed by atoms with Gasteiger partial charge in [0.15, 0.2) is 6.17 Å². The van der Waals surface area contributed by atoms with Crippen LogP contribution in [0.1, 0.15) is 53.6 Å². The van der Waals surface area contributed by atoms with Crippen LogP contribution in [-0.2, 0) is 4.79 Å². The predicted octanol–water partition coefficient (Wildman–Crippen LogP) is 0.630. The molecule has 1 aliphatic carbocycles. The second kappa shape index (κ2) is 6.80. The third-order valence-corrected chi connectivity index (χ3v) is 4.13. The van der Waals surface area contributed by atoms with E-state index in [0.29, 0.717) is 12.8 Å². The monoisotopic (exact) mass is 324 g/mol. The number of carbonyl (C=O) groups is 3. The van der Waals surface area contributed by atoms with E-state index >= 15 is 0 Å². The van der Waals surface area contributed by atoms with Gasteiger partial charge in [-0.15, -0.1) is 0 Å². The van der Waals surface area contributed by atoms with Crippen molar-refractivity contribution in [1.29, 1.82) is 0 Å². The average molecular weight is 324 g/mol. The molecule has 1 aliphatic rings. The van der Waals surface area contributed by atoms with Crippen LogP contribution in [0.2, 0.25) is 0 Å². The number of halogens is 1. The lowest BCUT2D eigenvalue weighted by Gasteiger charge is -2.42. The number of hydrogen-bond acceptors (Lipinski definition) is 3. The van der Waals surface area contributed by atoms with E-state index in [0.717, 1.165) is 6.42 Å². The van der Waals surface area contributed by atoms with Crippen LogP contribution >= 0.6 is 0 Å². The van der Waals surface area contributed by atoms with Crippen LogP contribution in [0.5, 0.6) is 0 Å². The fraction of sp³-hybridized carbons (Fsp3) is 0.533. The van der Waals surface area contributed by atoms with Crippen LogP contribution < -0.4 is 16.4 Å². The molecule has 2 rings (SSSR count). The minimum Gasteiger partial charge on any atom is -0.364 e. The number of primary amides is 1. The van der Waals surface area contributed by atoms with Crippen molar-refractivity contribution in [2.45, 2.75) is 44.3 Å². The number of aromatic amines is 1. The topological polar surface area (TPSA) is 117 Å². The first kappa shape index (κ1) is 17.0. The summed E-state index contributed by atoms with van der Waals surface area (Å²) in [7, 11) is 0. The second-order valence-corrected chi connectivity index (χ2v) is 5.83. The van der Waals surface area contributed by atoms with Crippen molar-refractivity contribution in [3.05, 3.63) is 23.5 Å². The van der Waals surface area contributed by atoms with E-state index in [4.69, 9.17) is 5.73 Å². The van der Waals surface area contributed by atoms with Crippen molar-refractivity contribution >= 4 is 17.7 Å². The number of carbonyl (C=O) groups excluding carboxylic acids is 3. The van der Waals surface area contributed by atoms with E-state index in [1.807, 2.05) is 0 Å². The molecule has 3 amide bonds. The van der Waals surface area contributed by atoms with Crippen LogP contribution in [0, 0.1) is 0 Å². The molecule has 0 aromatic carbocycles. The summed E-state index contributed by atoms with van der Waals surface area (Å²) in [5, 5.41) is 5.39. The van der Waals surface area contributed by atoms with Crippen LogP contribution in [0.3, 0.4) is 0 Å². The molecule has 0 bridgehead atoms. The fourth-order valence-corrected chi connectivity index (χ4v) is 2.49. The number of nitrogens with one attached hydrogen (secondary N) is 3. The van der Waals surface area contributed by atoms with Gasteiger partial charge in [0.1, 0.15) is 11.4 Å². The average Bonchev–Trinajstić information content (AvgIpc) is 2.98. The molecule has 0 spiro atoms. The van der Waals surface area contributed by atoms with Gasteiger partial charge in [0.25, 0.3) is 17.7 Å². The number of aromatic nitrogens is 1. The van der Waals surface area contributed by atoms with Gasteiger partial charge >= 0.3 is 0 Å². The largest absolute Gasteiger partial charge is 0.364 e. The molecule has 1 aromatic heterocycles. The molecule has 8 heteroatoms. The lowest BCUT2D eigenvalue weighted by atomic mass is 9.76. The Hall–Kier alpha value is -2.38. The van der Waals surface area contributed by atoms with E-state index in [-0.39, 0.29) is 24.4 Å². The minimum atomic E-state index is -1.54. The first-order chi connectivity index (χ1) is 10.9. The maximum absolute atomic E-state index is 13.4. The quantitative estimate of drug-likeness (QED) is 0.589. The molecule has 0 saturated heterocycles. The summed E-state index contributed by atoms with van der Waals surface area (Å²) in [6, 6.07) is 2.88. The highest BCUT2D eigenvalue weighted by atomic mass is 19.1. The maximum Gasteiger partial charge on any atom is 0.267 e. The normalized spacial score (nSPS) is 17.0. The highest BCUT2D eigenvalue weighted by molar-refractivity contribution is 5.96. The third-order valence-electron chi connectivity index (χ3n) is 4.13. The highest BCUT2D eigenvalue weighted by Gasteiger charge is 2.39.